The molecule has 3 heterocycles. The van der Waals surface area contributed by atoms with Crippen LogP contribution in [0, 0.1) is 0 Å². The molecule has 1 aliphatic rings. The maximum Gasteiger partial charge on any atom is 0.263 e. The van der Waals surface area contributed by atoms with E-state index in [1.54, 1.807) is 0 Å². The quantitative estimate of drug-likeness (QED) is 0.513. The molecule has 1 fully saturated rings. The lowest BCUT2D eigenvalue weighted by atomic mass is 10.1. The van der Waals surface area contributed by atoms with E-state index in [0.717, 1.165) is 0 Å². The molecule has 0 saturated carbocycles. The van der Waals surface area contributed by atoms with Crippen LogP contribution in [0.2, 0.25) is 0 Å². The number of nitrogens with two attached hydrogens (primary N) is 1. The molecule has 0 aliphatic carbocycles. The summed E-state index contributed by atoms with van der Waals surface area (Å²) in [4.78, 5) is 11.6. The zero-order chi connectivity index (χ0) is 14.5. The highest BCUT2D eigenvalue weighted by molar-refractivity contribution is 5.81. The summed E-state index contributed by atoms with van der Waals surface area (Å²) in [5, 5.41) is 28.4. The fraction of sp³-hybridized carbons (Fsp3) is 0.500. The zero-order valence-corrected chi connectivity index (χ0v) is 10.1. The van der Waals surface area contributed by atoms with E-state index in [0.29, 0.717) is 0 Å². The first-order valence-corrected chi connectivity index (χ1v) is 5.74. The number of halogens is 1. The van der Waals surface area contributed by atoms with Gasteiger partial charge >= 0.3 is 0 Å². The van der Waals surface area contributed by atoms with Crippen molar-refractivity contribution in [3.63, 3.8) is 0 Å². The van der Waals surface area contributed by atoms with E-state index in [2.05, 4.69) is 15.0 Å². The Morgan fingerprint density at radius 1 is 1.40 bits per heavy atom. The van der Waals surface area contributed by atoms with E-state index in [4.69, 9.17) is 15.6 Å². The van der Waals surface area contributed by atoms with Gasteiger partial charge in [0.05, 0.1) is 6.33 Å². The monoisotopic (exact) mass is 285 g/mol. The summed E-state index contributed by atoms with van der Waals surface area (Å²) in [6.45, 7) is -1.09. The van der Waals surface area contributed by atoms with Crippen molar-refractivity contribution in [2.24, 2.45) is 0 Å². The molecule has 1 aliphatic heterocycles. The van der Waals surface area contributed by atoms with Gasteiger partial charge in [0.2, 0.25) is 0 Å². The summed E-state index contributed by atoms with van der Waals surface area (Å²) in [5.74, 6) is -2.63. The minimum atomic E-state index is -2.75. The maximum absolute atomic E-state index is 14.0. The molecule has 2 aromatic heterocycles. The number of aliphatic hydroxyl groups is 3. The molecule has 4 atom stereocenters. The van der Waals surface area contributed by atoms with Gasteiger partial charge in [-0.2, -0.15) is 0 Å². The Hall–Kier alpha value is -1.88. The van der Waals surface area contributed by atoms with Crippen LogP contribution in [0.1, 0.15) is 6.23 Å². The molecule has 10 heteroatoms. The van der Waals surface area contributed by atoms with Gasteiger partial charge in [0.15, 0.2) is 17.7 Å². The lowest BCUT2D eigenvalue weighted by Gasteiger charge is -2.19. The Balaban J connectivity index is 2.06. The molecule has 2 aromatic rings. The van der Waals surface area contributed by atoms with Crippen LogP contribution in [0.3, 0.4) is 0 Å². The van der Waals surface area contributed by atoms with Crippen LogP contribution in [0.25, 0.3) is 11.2 Å². The first-order valence-electron chi connectivity index (χ1n) is 5.74. The van der Waals surface area contributed by atoms with Gasteiger partial charge < -0.3 is 25.8 Å². The van der Waals surface area contributed by atoms with Crippen LogP contribution in [-0.4, -0.2) is 59.5 Å². The average Bonchev–Trinajstić information content (AvgIpc) is 2.96. The second-order valence-corrected chi connectivity index (χ2v) is 4.47. The van der Waals surface area contributed by atoms with Gasteiger partial charge in [-0.15, -0.1) is 0 Å². The number of aromatic nitrogens is 4. The number of ether oxygens (including phenoxy) is 1. The van der Waals surface area contributed by atoms with Gasteiger partial charge in [0.25, 0.3) is 5.85 Å². The highest BCUT2D eigenvalue weighted by Crippen LogP contribution is 2.39. The predicted molar refractivity (Wildman–Crippen MR) is 62.8 cm³/mol. The number of nitrogen functional groups attached to an aromatic ring is 1. The van der Waals surface area contributed by atoms with E-state index >= 15 is 0 Å². The third kappa shape index (κ3) is 1.66. The van der Waals surface area contributed by atoms with Crippen LogP contribution in [-0.2, 0) is 4.74 Å². The van der Waals surface area contributed by atoms with Crippen LogP contribution < -0.4 is 5.73 Å². The van der Waals surface area contributed by atoms with Crippen molar-refractivity contribution >= 4 is 17.0 Å². The first-order chi connectivity index (χ1) is 9.48. The SMILES string of the molecule is Nc1ncnc2c1ncn2[C@@H]1O[C@](F)(CO)[C@@H](O)[C@H]1O. The summed E-state index contributed by atoms with van der Waals surface area (Å²) >= 11 is 0. The Kier molecular flexibility index (Phi) is 2.83. The van der Waals surface area contributed by atoms with Crippen molar-refractivity contribution < 1.29 is 24.4 Å². The molecule has 0 unspecified atom stereocenters. The molecule has 1 saturated heterocycles. The van der Waals surface area contributed by atoms with E-state index < -0.39 is 30.9 Å². The third-order valence-corrected chi connectivity index (χ3v) is 3.25. The van der Waals surface area contributed by atoms with Crippen molar-refractivity contribution in [2.75, 3.05) is 12.3 Å². The van der Waals surface area contributed by atoms with Crippen molar-refractivity contribution in [3.05, 3.63) is 12.7 Å². The summed E-state index contributed by atoms with van der Waals surface area (Å²) in [5.41, 5.74) is 6.10. The Bertz CT molecular complexity index is 652. The summed E-state index contributed by atoms with van der Waals surface area (Å²) in [6, 6.07) is 0. The molecule has 5 N–H and O–H groups in total. The predicted octanol–water partition coefficient (Wildman–Crippen LogP) is -1.68. The number of aliphatic hydroxyl groups excluding tert-OH is 3. The number of imidazole rings is 1. The number of alkyl halides is 1. The van der Waals surface area contributed by atoms with Crippen LogP contribution in [0.15, 0.2) is 12.7 Å². The summed E-state index contributed by atoms with van der Waals surface area (Å²) in [7, 11) is 0. The van der Waals surface area contributed by atoms with E-state index in [-0.39, 0.29) is 17.0 Å². The number of rotatable bonds is 2. The normalized spacial score (nSPS) is 33.9. The fourth-order valence-corrected chi connectivity index (χ4v) is 2.16. The van der Waals surface area contributed by atoms with Crippen LogP contribution in [0.4, 0.5) is 10.2 Å². The second kappa shape index (κ2) is 4.31. The molecule has 20 heavy (non-hydrogen) atoms. The van der Waals surface area contributed by atoms with E-state index in [9.17, 15) is 14.6 Å². The van der Waals surface area contributed by atoms with Gasteiger partial charge in [-0.3, -0.25) is 4.57 Å². The summed E-state index contributed by atoms with van der Waals surface area (Å²) in [6.07, 6.45) is -2.36. The summed E-state index contributed by atoms with van der Waals surface area (Å²) < 4.78 is 20.2. The third-order valence-electron chi connectivity index (χ3n) is 3.25. The van der Waals surface area contributed by atoms with Gasteiger partial charge in [-0.25, -0.2) is 19.3 Å². The molecule has 9 nitrogen and oxygen atoms in total. The first kappa shape index (κ1) is 13.1. The maximum atomic E-state index is 14.0. The lowest BCUT2D eigenvalue weighted by molar-refractivity contribution is -0.206. The minimum Gasteiger partial charge on any atom is -0.390 e. The van der Waals surface area contributed by atoms with Gasteiger partial charge in [0, 0.05) is 0 Å². The lowest BCUT2D eigenvalue weighted by Crippen LogP contribution is -2.42. The zero-order valence-electron chi connectivity index (χ0n) is 10.1. The average molecular weight is 285 g/mol. The van der Waals surface area contributed by atoms with E-state index in [1.807, 2.05) is 0 Å². The van der Waals surface area contributed by atoms with E-state index in [1.165, 1.54) is 17.2 Å². The topological polar surface area (TPSA) is 140 Å². The molecule has 0 radical (unpaired) electrons. The van der Waals surface area contributed by atoms with Crippen LogP contribution >= 0.6 is 0 Å². The Morgan fingerprint density at radius 2 is 2.15 bits per heavy atom. The van der Waals surface area contributed by atoms with Crippen LogP contribution in [0.5, 0.6) is 0 Å². The highest BCUT2D eigenvalue weighted by atomic mass is 19.2. The number of nitrogens with zero attached hydrogens (tertiary/aromatic N) is 4. The van der Waals surface area contributed by atoms with Crippen molar-refractivity contribution in [3.8, 4) is 0 Å². The van der Waals surface area contributed by atoms with Crippen molar-refractivity contribution in [1.29, 1.82) is 0 Å². The second-order valence-electron chi connectivity index (χ2n) is 4.47. The molecule has 0 aromatic carbocycles. The molecule has 0 amide bonds. The standard InChI is InChI=1S/C10H12FN5O4/c11-10(1-17)6(19)5(18)9(20-10)16-3-15-4-7(12)13-2-14-8(4)16/h2-3,5-6,9,17-19H,1H2,(H2,12,13,14)/t5-,6+,9-,10-/m1/s1. The molecule has 0 spiro atoms. The number of hydrogen-bond acceptors (Lipinski definition) is 8. The number of hydrogen-bond donors (Lipinski definition) is 4. The Morgan fingerprint density at radius 3 is 2.80 bits per heavy atom. The van der Waals surface area contributed by atoms with Crippen molar-refractivity contribution in [1.82, 2.24) is 19.5 Å². The molecule has 3 rings (SSSR count). The van der Waals surface area contributed by atoms with Gasteiger partial charge in [-0.1, -0.05) is 0 Å². The fourth-order valence-electron chi connectivity index (χ4n) is 2.16. The smallest absolute Gasteiger partial charge is 0.263 e. The van der Waals surface area contributed by atoms with Crippen molar-refractivity contribution in [2.45, 2.75) is 24.3 Å². The molecule has 108 valence electrons. The number of fused-ring (bicyclic) bond motifs is 1. The van der Waals surface area contributed by atoms with Gasteiger partial charge in [0.1, 0.15) is 30.7 Å². The largest absolute Gasteiger partial charge is 0.390 e. The highest BCUT2D eigenvalue weighted by Gasteiger charge is 2.55. The Labute approximate surface area is 111 Å². The van der Waals surface area contributed by atoms with Gasteiger partial charge in [-0.05, 0) is 0 Å². The minimum absolute atomic E-state index is 0.121. The molecule has 0 bridgehead atoms. The molecular formula is C10H12FN5O4. The molecular weight excluding hydrogens is 273 g/mol. The number of anilines is 1.